The predicted octanol–water partition coefficient (Wildman–Crippen LogP) is 2.64. The van der Waals surface area contributed by atoms with Crippen LogP contribution >= 0.6 is 0 Å². The van der Waals surface area contributed by atoms with E-state index in [4.69, 9.17) is 0 Å². The molecule has 7 nitrogen and oxygen atoms in total. The molecule has 2 rings (SSSR count). The summed E-state index contributed by atoms with van der Waals surface area (Å²) >= 11 is 0. The first-order chi connectivity index (χ1) is 14.3. The van der Waals surface area contributed by atoms with Crippen molar-refractivity contribution in [3.63, 3.8) is 0 Å². The second-order valence-electron chi connectivity index (χ2n) is 6.54. The minimum atomic E-state index is -0.896. The summed E-state index contributed by atoms with van der Waals surface area (Å²) in [6.07, 6.45) is 0. The lowest BCUT2D eigenvalue weighted by molar-refractivity contribution is -0.126. The van der Waals surface area contributed by atoms with Gasteiger partial charge in [-0.05, 0) is 31.2 Å². The summed E-state index contributed by atoms with van der Waals surface area (Å²) in [5, 5.41) is 6.97. The fraction of sp³-hybridized carbons (Fsp3) is 0.286. The number of benzene rings is 2. The fourth-order valence-electron chi connectivity index (χ4n) is 2.71. The number of urea groups is 1. The number of halogens is 2. The fourth-order valence-corrected chi connectivity index (χ4v) is 2.71. The Morgan fingerprint density at radius 2 is 1.63 bits per heavy atom. The van der Waals surface area contributed by atoms with Gasteiger partial charge in [0, 0.05) is 6.54 Å². The Morgan fingerprint density at radius 1 is 1.00 bits per heavy atom. The molecule has 0 aliphatic carbocycles. The predicted molar refractivity (Wildman–Crippen MR) is 109 cm³/mol. The zero-order chi connectivity index (χ0) is 22.1. The van der Waals surface area contributed by atoms with Crippen LogP contribution in [0.25, 0.3) is 0 Å². The molecule has 1 unspecified atom stereocenters. The Hall–Kier alpha value is -3.33. The molecular weight excluding hydrogens is 394 g/mol. The average molecular weight is 418 g/mol. The Balaban J connectivity index is 1.87. The lowest BCUT2D eigenvalue weighted by Gasteiger charge is -2.26. The van der Waals surface area contributed by atoms with Gasteiger partial charge < -0.3 is 10.6 Å². The third-order valence-corrected chi connectivity index (χ3v) is 4.44. The zero-order valence-electron chi connectivity index (χ0n) is 16.7. The van der Waals surface area contributed by atoms with Crippen LogP contribution in [-0.4, -0.2) is 41.9 Å². The second-order valence-corrected chi connectivity index (χ2v) is 6.54. The normalized spacial score (nSPS) is 11.6. The number of anilines is 1. The van der Waals surface area contributed by atoms with Crippen molar-refractivity contribution >= 4 is 23.5 Å². The minimum absolute atomic E-state index is 0.252. The van der Waals surface area contributed by atoms with E-state index in [1.807, 2.05) is 30.3 Å². The van der Waals surface area contributed by atoms with Crippen LogP contribution in [0.2, 0.25) is 0 Å². The summed E-state index contributed by atoms with van der Waals surface area (Å²) in [4.78, 5) is 38.0. The highest BCUT2D eigenvalue weighted by atomic mass is 19.1. The number of hydrogen-bond donors (Lipinski definition) is 3. The highest BCUT2D eigenvalue weighted by Crippen LogP contribution is 2.18. The number of para-hydroxylation sites is 1. The van der Waals surface area contributed by atoms with Crippen LogP contribution in [0.15, 0.2) is 48.5 Å². The first kappa shape index (κ1) is 23.0. The van der Waals surface area contributed by atoms with Gasteiger partial charge in [0.1, 0.15) is 17.3 Å². The van der Waals surface area contributed by atoms with Crippen LogP contribution in [0.4, 0.5) is 19.3 Å². The van der Waals surface area contributed by atoms with Crippen molar-refractivity contribution < 1.29 is 23.2 Å². The summed E-state index contributed by atoms with van der Waals surface area (Å²) in [6, 6.07) is 10.9. The Kier molecular flexibility index (Phi) is 8.42. The van der Waals surface area contributed by atoms with Crippen molar-refractivity contribution in [1.82, 2.24) is 15.5 Å². The van der Waals surface area contributed by atoms with Gasteiger partial charge >= 0.3 is 6.03 Å². The van der Waals surface area contributed by atoms with Crippen molar-refractivity contribution in [3.8, 4) is 0 Å². The highest BCUT2D eigenvalue weighted by Gasteiger charge is 2.24. The van der Waals surface area contributed by atoms with Crippen molar-refractivity contribution in [3.05, 3.63) is 65.7 Å². The summed E-state index contributed by atoms with van der Waals surface area (Å²) in [5.74, 6) is -3.08. The number of likely N-dealkylation sites (N-methyl/N-ethyl adjacent to an activating group) is 1. The van der Waals surface area contributed by atoms with Crippen LogP contribution in [0.1, 0.15) is 19.4 Å². The maximum atomic E-state index is 13.7. The van der Waals surface area contributed by atoms with E-state index in [1.165, 1.54) is 17.9 Å². The molecule has 2 aromatic rings. The number of hydrogen-bond acceptors (Lipinski definition) is 4. The van der Waals surface area contributed by atoms with E-state index in [-0.39, 0.29) is 13.1 Å². The molecule has 0 bridgehead atoms. The quantitative estimate of drug-likeness (QED) is 0.615. The third-order valence-electron chi connectivity index (χ3n) is 4.44. The molecule has 0 aromatic heterocycles. The molecule has 4 amide bonds. The highest BCUT2D eigenvalue weighted by molar-refractivity contribution is 5.97. The number of nitrogens with one attached hydrogen (secondary N) is 3. The standard InChI is InChI=1S/C21H24F2N4O3/c1-3-27(13-18(28)25-19-16(22)10-7-11-17(19)23)14(2)20(29)26-21(30)24-12-15-8-5-4-6-9-15/h4-11,14H,3,12-13H2,1-2H3,(H,25,28)(H2,24,26,29,30). The van der Waals surface area contributed by atoms with Gasteiger partial charge in [0.05, 0.1) is 12.6 Å². The largest absolute Gasteiger partial charge is 0.334 e. The molecule has 2 aromatic carbocycles. The van der Waals surface area contributed by atoms with Crippen LogP contribution in [0, 0.1) is 11.6 Å². The van der Waals surface area contributed by atoms with Gasteiger partial charge in [-0.2, -0.15) is 0 Å². The number of imide groups is 1. The molecule has 30 heavy (non-hydrogen) atoms. The van der Waals surface area contributed by atoms with E-state index in [0.717, 1.165) is 17.7 Å². The summed E-state index contributed by atoms with van der Waals surface area (Å²) in [5.41, 5.74) is 0.330. The SMILES string of the molecule is CCN(CC(=O)Nc1c(F)cccc1F)C(C)C(=O)NC(=O)NCc1ccccc1. The molecular formula is C21H24F2N4O3. The van der Waals surface area contributed by atoms with Gasteiger partial charge in [-0.3, -0.25) is 19.8 Å². The Morgan fingerprint density at radius 3 is 2.23 bits per heavy atom. The summed E-state index contributed by atoms with van der Waals surface area (Å²) < 4.78 is 27.4. The molecule has 1 atom stereocenters. The molecule has 160 valence electrons. The first-order valence-corrected chi connectivity index (χ1v) is 9.42. The summed E-state index contributed by atoms with van der Waals surface area (Å²) in [6.45, 7) is 3.51. The number of carbonyl (C=O) groups is 3. The van der Waals surface area contributed by atoms with Crippen LogP contribution in [-0.2, 0) is 16.1 Å². The molecule has 0 spiro atoms. The average Bonchev–Trinajstić information content (AvgIpc) is 2.73. The maximum absolute atomic E-state index is 13.7. The van der Waals surface area contributed by atoms with Crippen molar-refractivity contribution in [2.45, 2.75) is 26.4 Å². The number of nitrogens with zero attached hydrogens (tertiary/aromatic N) is 1. The monoisotopic (exact) mass is 418 g/mol. The molecule has 0 aliphatic rings. The van der Waals surface area contributed by atoms with E-state index >= 15 is 0 Å². The first-order valence-electron chi connectivity index (χ1n) is 9.42. The zero-order valence-corrected chi connectivity index (χ0v) is 16.7. The lowest BCUT2D eigenvalue weighted by Crippen LogP contribution is -2.51. The molecule has 0 fully saturated rings. The van der Waals surface area contributed by atoms with Crippen molar-refractivity contribution in [2.24, 2.45) is 0 Å². The van der Waals surface area contributed by atoms with Gasteiger partial charge in [0.15, 0.2) is 0 Å². The lowest BCUT2D eigenvalue weighted by atomic mass is 10.2. The van der Waals surface area contributed by atoms with E-state index in [1.54, 1.807) is 6.92 Å². The van der Waals surface area contributed by atoms with Gasteiger partial charge in [0.2, 0.25) is 11.8 Å². The molecule has 0 radical (unpaired) electrons. The van der Waals surface area contributed by atoms with Crippen LogP contribution in [0.3, 0.4) is 0 Å². The summed E-state index contributed by atoms with van der Waals surface area (Å²) in [7, 11) is 0. The van der Waals surface area contributed by atoms with Gasteiger partial charge in [-0.15, -0.1) is 0 Å². The molecule has 9 heteroatoms. The molecule has 0 aliphatic heterocycles. The molecule has 0 heterocycles. The minimum Gasteiger partial charge on any atom is -0.334 e. The maximum Gasteiger partial charge on any atom is 0.321 e. The Labute approximate surface area is 173 Å². The van der Waals surface area contributed by atoms with E-state index in [9.17, 15) is 23.2 Å². The van der Waals surface area contributed by atoms with E-state index in [2.05, 4.69) is 16.0 Å². The van der Waals surface area contributed by atoms with Gasteiger partial charge in [-0.1, -0.05) is 43.3 Å². The van der Waals surface area contributed by atoms with Crippen molar-refractivity contribution in [2.75, 3.05) is 18.4 Å². The molecule has 0 saturated heterocycles. The number of carbonyl (C=O) groups excluding carboxylic acids is 3. The number of rotatable bonds is 8. The number of amides is 4. The van der Waals surface area contributed by atoms with Crippen LogP contribution in [0.5, 0.6) is 0 Å². The van der Waals surface area contributed by atoms with E-state index < -0.39 is 41.2 Å². The van der Waals surface area contributed by atoms with Gasteiger partial charge in [0.25, 0.3) is 0 Å². The van der Waals surface area contributed by atoms with Gasteiger partial charge in [-0.25, -0.2) is 13.6 Å². The Bertz CT molecular complexity index is 873. The van der Waals surface area contributed by atoms with Crippen molar-refractivity contribution in [1.29, 1.82) is 0 Å². The topological polar surface area (TPSA) is 90.5 Å². The smallest absolute Gasteiger partial charge is 0.321 e. The molecule has 0 saturated carbocycles. The molecule has 3 N–H and O–H groups in total. The second kappa shape index (κ2) is 11.0. The van der Waals surface area contributed by atoms with Crippen LogP contribution < -0.4 is 16.0 Å². The van der Waals surface area contributed by atoms with E-state index in [0.29, 0.717) is 6.54 Å². The third kappa shape index (κ3) is 6.63.